The smallest absolute Gasteiger partial charge is 0.362 e. The fourth-order valence-corrected chi connectivity index (χ4v) is 3.88. The third kappa shape index (κ3) is 17.1. The fraction of sp³-hybridized carbons (Fsp3) is 0.750. The minimum Gasteiger partial charge on any atom is -0.482 e. The highest BCUT2D eigenvalue weighted by atomic mass is 16.7. The second kappa shape index (κ2) is 21.3. The highest BCUT2D eigenvalue weighted by Crippen LogP contribution is 2.12. The summed E-state index contributed by atoms with van der Waals surface area (Å²) in [7, 11) is 0. The van der Waals surface area contributed by atoms with Gasteiger partial charge >= 0.3 is 5.97 Å². The Morgan fingerprint density at radius 2 is 1.09 bits per heavy atom. The highest BCUT2D eigenvalue weighted by molar-refractivity contribution is 5.70. The summed E-state index contributed by atoms with van der Waals surface area (Å²) in [6, 6.07) is 9.44. The Morgan fingerprint density at radius 1 is 0.656 bits per heavy atom. The van der Waals surface area contributed by atoms with Crippen molar-refractivity contribution in [2.75, 3.05) is 19.7 Å². The van der Waals surface area contributed by atoms with Crippen LogP contribution in [0.2, 0.25) is 0 Å². The number of hydrogen-bond acceptors (Lipinski definition) is 4. The number of para-hydroxylation sites is 1. The molecule has 32 heavy (non-hydrogen) atoms. The average Bonchev–Trinajstić information content (AvgIpc) is 2.81. The molecule has 1 aromatic rings. The molecule has 1 aromatic carbocycles. The van der Waals surface area contributed by atoms with Crippen molar-refractivity contribution in [2.45, 2.75) is 117 Å². The largest absolute Gasteiger partial charge is 0.482 e. The molecule has 0 unspecified atom stereocenters. The quantitative estimate of drug-likeness (QED) is 0.133. The third-order valence-corrected chi connectivity index (χ3v) is 5.85. The molecule has 0 saturated carbocycles. The van der Waals surface area contributed by atoms with Crippen molar-refractivity contribution in [1.82, 2.24) is 5.06 Å². The molecule has 0 heterocycles. The lowest BCUT2D eigenvalue weighted by Crippen LogP contribution is -2.31. The Kier molecular flexibility index (Phi) is 19.0. The first-order valence-corrected chi connectivity index (χ1v) is 13.4. The monoisotopic (exact) mass is 447 g/mol. The van der Waals surface area contributed by atoms with Crippen LogP contribution < -0.4 is 4.74 Å². The standard InChI is InChI=1S/C28H49NO3/c1-3-5-7-9-11-13-15-20-24-29(25-21-16-14-12-10-8-6-4-2)32-28(30)26-31-27-22-18-17-19-23-27/h17-19,22-23H,3-16,20-21,24-26H2,1-2H3. The van der Waals surface area contributed by atoms with Crippen LogP contribution in [0.3, 0.4) is 0 Å². The Hall–Kier alpha value is -1.55. The van der Waals surface area contributed by atoms with Gasteiger partial charge in [0.2, 0.25) is 0 Å². The van der Waals surface area contributed by atoms with E-state index in [9.17, 15) is 4.79 Å². The summed E-state index contributed by atoms with van der Waals surface area (Å²) in [6.45, 7) is 6.11. The lowest BCUT2D eigenvalue weighted by atomic mass is 10.1. The maximum Gasteiger partial charge on any atom is 0.362 e. The Bertz CT molecular complexity index is 515. The summed E-state index contributed by atoms with van der Waals surface area (Å²) in [5, 5.41) is 1.88. The lowest BCUT2D eigenvalue weighted by molar-refractivity contribution is -0.193. The maximum absolute atomic E-state index is 12.3. The first-order chi connectivity index (χ1) is 15.8. The van der Waals surface area contributed by atoms with Gasteiger partial charge in [0.25, 0.3) is 0 Å². The number of unbranched alkanes of at least 4 members (excludes halogenated alkanes) is 14. The molecule has 0 amide bonds. The summed E-state index contributed by atoms with van der Waals surface area (Å²) >= 11 is 0. The summed E-state index contributed by atoms with van der Waals surface area (Å²) < 4.78 is 5.55. The fourth-order valence-electron chi connectivity index (χ4n) is 3.88. The van der Waals surface area contributed by atoms with Crippen molar-refractivity contribution in [3.63, 3.8) is 0 Å². The number of nitrogens with zero attached hydrogens (tertiary/aromatic N) is 1. The van der Waals surface area contributed by atoms with Crippen LogP contribution in [0, 0.1) is 0 Å². The van der Waals surface area contributed by atoms with Gasteiger partial charge in [-0.15, -0.1) is 5.06 Å². The van der Waals surface area contributed by atoms with Crippen molar-refractivity contribution >= 4 is 5.97 Å². The molecule has 0 spiro atoms. The first-order valence-electron chi connectivity index (χ1n) is 13.4. The molecule has 0 fully saturated rings. The predicted octanol–water partition coefficient (Wildman–Crippen LogP) is 8.11. The van der Waals surface area contributed by atoms with E-state index in [1.807, 2.05) is 35.4 Å². The van der Waals surface area contributed by atoms with Gasteiger partial charge in [0.05, 0.1) is 0 Å². The van der Waals surface area contributed by atoms with Crippen LogP contribution in [0.4, 0.5) is 0 Å². The molecule has 0 aliphatic rings. The molecule has 0 N–H and O–H groups in total. The molecule has 0 saturated heterocycles. The van der Waals surface area contributed by atoms with E-state index in [2.05, 4.69) is 13.8 Å². The minimum atomic E-state index is -0.312. The molecule has 1 rings (SSSR count). The maximum atomic E-state index is 12.3. The number of carbonyl (C=O) groups is 1. The van der Waals surface area contributed by atoms with Crippen LogP contribution in [0.15, 0.2) is 30.3 Å². The minimum absolute atomic E-state index is 0.0463. The summed E-state index contributed by atoms with van der Waals surface area (Å²) in [5.74, 6) is 0.384. The molecule has 0 atom stereocenters. The van der Waals surface area contributed by atoms with E-state index in [-0.39, 0.29) is 12.6 Å². The van der Waals surface area contributed by atoms with E-state index in [1.165, 1.54) is 89.9 Å². The van der Waals surface area contributed by atoms with Gasteiger partial charge in [-0.05, 0) is 25.0 Å². The number of ether oxygens (including phenoxy) is 1. The van der Waals surface area contributed by atoms with E-state index in [0.717, 1.165) is 25.9 Å². The zero-order valence-corrected chi connectivity index (χ0v) is 21.0. The third-order valence-electron chi connectivity index (χ3n) is 5.85. The first kappa shape index (κ1) is 28.5. The van der Waals surface area contributed by atoms with Gasteiger partial charge < -0.3 is 9.57 Å². The zero-order valence-electron chi connectivity index (χ0n) is 21.0. The molecule has 0 aliphatic carbocycles. The SMILES string of the molecule is CCCCCCCCCCN(CCCCCCCCCC)OC(=O)COc1ccccc1. The van der Waals surface area contributed by atoms with Gasteiger partial charge in [0.15, 0.2) is 6.61 Å². The van der Waals surface area contributed by atoms with Crippen LogP contribution in [0.1, 0.15) is 117 Å². The molecule has 184 valence electrons. The molecular weight excluding hydrogens is 398 g/mol. The lowest BCUT2D eigenvalue weighted by Gasteiger charge is -2.21. The van der Waals surface area contributed by atoms with E-state index in [4.69, 9.17) is 9.57 Å². The van der Waals surface area contributed by atoms with Crippen LogP contribution >= 0.6 is 0 Å². The second-order valence-electron chi connectivity index (χ2n) is 8.94. The molecule has 4 nitrogen and oxygen atoms in total. The second-order valence-corrected chi connectivity index (χ2v) is 8.94. The predicted molar refractivity (Wildman–Crippen MR) is 135 cm³/mol. The van der Waals surface area contributed by atoms with Crippen LogP contribution in [0.25, 0.3) is 0 Å². The van der Waals surface area contributed by atoms with Gasteiger partial charge in [-0.25, -0.2) is 4.79 Å². The van der Waals surface area contributed by atoms with Crippen molar-refractivity contribution in [2.24, 2.45) is 0 Å². The number of rotatable bonds is 22. The van der Waals surface area contributed by atoms with Crippen LogP contribution in [-0.4, -0.2) is 30.7 Å². The van der Waals surface area contributed by atoms with Gasteiger partial charge in [-0.1, -0.05) is 122 Å². The molecule has 0 aromatic heterocycles. The number of hydrogen-bond donors (Lipinski definition) is 0. The summed E-state index contributed by atoms with van der Waals surface area (Å²) in [6.07, 6.45) is 20.5. The van der Waals surface area contributed by atoms with Crippen LogP contribution in [-0.2, 0) is 9.63 Å². The Balaban J connectivity index is 2.26. The zero-order chi connectivity index (χ0) is 23.1. The molecule has 0 radical (unpaired) electrons. The number of carbonyl (C=O) groups excluding carboxylic acids is 1. The van der Waals surface area contributed by atoms with Crippen molar-refractivity contribution in [3.8, 4) is 5.75 Å². The molecule has 0 aliphatic heterocycles. The average molecular weight is 448 g/mol. The number of hydroxylamine groups is 2. The molecule has 0 bridgehead atoms. The van der Waals surface area contributed by atoms with E-state index in [0.29, 0.717) is 5.75 Å². The number of benzene rings is 1. The van der Waals surface area contributed by atoms with E-state index >= 15 is 0 Å². The Labute approximate surface area is 198 Å². The normalized spacial score (nSPS) is 11.1. The Morgan fingerprint density at radius 3 is 1.56 bits per heavy atom. The highest BCUT2D eigenvalue weighted by Gasteiger charge is 2.12. The van der Waals surface area contributed by atoms with Crippen molar-refractivity contribution in [3.05, 3.63) is 30.3 Å². The van der Waals surface area contributed by atoms with E-state index in [1.54, 1.807) is 0 Å². The van der Waals surface area contributed by atoms with Gasteiger partial charge in [-0.2, -0.15) is 0 Å². The van der Waals surface area contributed by atoms with Crippen LogP contribution in [0.5, 0.6) is 5.75 Å². The van der Waals surface area contributed by atoms with Gasteiger partial charge in [0, 0.05) is 13.1 Å². The molecular formula is C28H49NO3. The topological polar surface area (TPSA) is 38.8 Å². The van der Waals surface area contributed by atoms with Crippen molar-refractivity contribution < 1.29 is 14.4 Å². The van der Waals surface area contributed by atoms with Crippen molar-refractivity contribution in [1.29, 1.82) is 0 Å². The summed E-state index contributed by atoms with van der Waals surface area (Å²) in [5.41, 5.74) is 0. The van der Waals surface area contributed by atoms with Gasteiger partial charge in [0.1, 0.15) is 5.75 Å². The van der Waals surface area contributed by atoms with Gasteiger partial charge in [-0.3, -0.25) is 0 Å². The van der Waals surface area contributed by atoms with E-state index < -0.39 is 0 Å². The molecule has 4 heteroatoms. The summed E-state index contributed by atoms with van der Waals surface area (Å²) in [4.78, 5) is 18.0.